The van der Waals surface area contributed by atoms with Crippen molar-refractivity contribution in [3.8, 4) is 11.5 Å². The Kier molecular flexibility index (Phi) is 10.1. The molecule has 228 valence electrons. The highest BCUT2D eigenvalue weighted by Crippen LogP contribution is 2.44. The number of nitrogens with zero attached hydrogens (tertiary/aromatic N) is 2. The van der Waals surface area contributed by atoms with Crippen LogP contribution < -0.4 is 18.1 Å². The van der Waals surface area contributed by atoms with Crippen LogP contribution in [0.4, 0.5) is 22.7 Å². The lowest BCUT2D eigenvalue weighted by Gasteiger charge is -2.33. The summed E-state index contributed by atoms with van der Waals surface area (Å²) in [5, 5.41) is 0.936. The van der Waals surface area contributed by atoms with Crippen molar-refractivity contribution in [3.63, 3.8) is 0 Å². The summed E-state index contributed by atoms with van der Waals surface area (Å²) in [5.41, 5.74) is 0.930. The standard InChI is InChI=1S/C31H34N2O8S2/c1-31(2,3)41-29(34)19-10-21-20-28(32(42(35)36)22-11-15-24(39-4)16-12-22)26-8-6-7-9-27(26)30(21)33(43(37)38)23-13-17-25(40-5)18-14-23/h6-9,11-18,20H,10,19H2,1-5H3,(H,35,36)(H,37,38)/p-2. The largest absolute Gasteiger partial charge is 0.755 e. The minimum absolute atomic E-state index is 0.0634. The van der Waals surface area contributed by atoms with Crippen molar-refractivity contribution in [2.24, 2.45) is 0 Å². The number of hydrogen-bond donors (Lipinski definition) is 0. The molecule has 2 atom stereocenters. The minimum atomic E-state index is -2.80. The number of hydrogen-bond acceptors (Lipinski definition) is 8. The molecule has 0 spiro atoms. The first kappa shape index (κ1) is 32.0. The molecule has 0 amide bonds. The predicted molar refractivity (Wildman–Crippen MR) is 166 cm³/mol. The van der Waals surface area contributed by atoms with Crippen LogP contribution in [0.3, 0.4) is 0 Å². The van der Waals surface area contributed by atoms with Crippen molar-refractivity contribution in [1.82, 2.24) is 0 Å². The Balaban J connectivity index is 1.98. The fraction of sp³-hybridized carbons (Fsp3) is 0.258. The molecule has 4 rings (SSSR count). The van der Waals surface area contributed by atoms with Crippen LogP contribution in [0.25, 0.3) is 10.8 Å². The molecule has 0 saturated heterocycles. The van der Waals surface area contributed by atoms with E-state index >= 15 is 0 Å². The molecule has 0 fully saturated rings. The van der Waals surface area contributed by atoms with Gasteiger partial charge in [-0.2, -0.15) is 0 Å². The minimum Gasteiger partial charge on any atom is -0.755 e. The van der Waals surface area contributed by atoms with Gasteiger partial charge in [-0.1, -0.05) is 24.3 Å². The third-order valence-electron chi connectivity index (χ3n) is 6.43. The fourth-order valence-corrected chi connectivity index (χ4v) is 5.92. The molecule has 0 N–H and O–H groups in total. The third-order valence-corrected chi connectivity index (χ3v) is 7.82. The molecule has 43 heavy (non-hydrogen) atoms. The molecule has 2 unspecified atom stereocenters. The number of carbonyl (C=O) groups excluding carboxylic acids is 1. The van der Waals surface area contributed by atoms with Gasteiger partial charge in [-0.3, -0.25) is 21.8 Å². The maximum atomic E-state index is 12.9. The first-order valence-electron chi connectivity index (χ1n) is 13.3. The van der Waals surface area contributed by atoms with E-state index in [9.17, 15) is 22.3 Å². The fourth-order valence-electron chi connectivity index (χ4n) is 4.66. The van der Waals surface area contributed by atoms with Gasteiger partial charge in [-0.25, -0.2) is 0 Å². The van der Waals surface area contributed by atoms with Crippen molar-refractivity contribution < 1.29 is 36.5 Å². The van der Waals surface area contributed by atoms with Crippen molar-refractivity contribution >= 4 is 62.0 Å². The van der Waals surface area contributed by atoms with E-state index in [1.54, 1.807) is 99.6 Å². The maximum Gasteiger partial charge on any atom is 0.306 e. The molecule has 4 aromatic carbocycles. The summed E-state index contributed by atoms with van der Waals surface area (Å²) in [5.74, 6) is 0.609. The molecule has 0 aromatic heterocycles. The lowest BCUT2D eigenvalue weighted by atomic mass is 9.98. The van der Waals surface area contributed by atoms with Crippen molar-refractivity contribution in [2.45, 2.75) is 39.2 Å². The van der Waals surface area contributed by atoms with E-state index in [1.165, 1.54) is 14.2 Å². The van der Waals surface area contributed by atoms with Crippen LogP contribution in [0.1, 0.15) is 32.8 Å². The second kappa shape index (κ2) is 13.6. The highest BCUT2D eigenvalue weighted by atomic mass is 32.2. The lowest BCUT2D eigenvalue weighted by molar-refractivity contribution is -0.154. The summed E-state index contributed by atoms with van der Waals surface area (Å²) in [4.78, 5) is 12.8. The summed E-state index contributed by atoms with van der Waals surface area (Å²) in [6, 6.07) is 21.5. The van der Waals surface area contributed by atoms with Gasteiger partial charge in [0.25, 0.3) is 0 Å². The molecule has 12 heteroatoms. The van der Waals surface area contributed by atoms with Crippen LogP contribution in [0.5, 0.6) is 11.5 Å². The van der Waals surface area contributed by atoms with Crippen LogP contribution in [0, 0.1) is 0 Å². The summed E-state index contributed by atoms with van der Waals surface area (Å²) < 4.78 is 69.4. The van der Waals surface area contributed by atoms with E-state index in [-0.39, 0.29) is 24.2 Å². The lowest BCUT2D eigenvalue weighted by Crippen LogP contribution is -2.25. The zero-order valence-electron chi connectivity index (χ0n) is 24.4. The first-order valence-corrected chi connectivity index (χ1v) is 15.3. The summed E-state index contributed by atoms with van der Waals surface area (Å²) in [6.45, 7) is 5.27. The average molecular weight is 625 g/mol. The van der Waals surface area contributed by atoms with Crippen LogP contribution >= 0.6 is 0 Å². The molecule has 0 aliphatic rings. The first-order chi connectivity index (χ1) is 20.4. The van der Waals surface area contributed by atoms with Gasteiger partial charge in [0, 0.05) is 17.2 Å². The van der Waals surface area contributed by atoms with Gasteiger partial charge in [-0.15, -0.1) is 0 Å². The topological polar surface area (TPSA) is 132 Å². The number of ether oxygens (including phenoxy) is 3. The van der Waals surface area contributed by atoms with E-state index in [0.29, 0.717) is 39.2 Å². The van der Waals surface area contributed by atoms with Crippen LogP contribution in [-0.4, -0.2) is 43.3 Å². The highest BCUT2D eigenvalue weighted by Gasteiger charge is 2.25. The van der Waals surface area contributed by atoms with E-state index in [1.807, 2.05) is 0 Å². The number of aryl methyl sites for hydroxylation is 1. The number of fused-ring (bicyclic) bond motifs is 1. The second-order valence-corrected chi connectivity index (χ2v) is 12.1. The smallest absolute Gasteiger partial charge is 0.306 e. The van der Waals surface area contributed by atoms with Gasteiger partial charge in [0.2, 0.25) is 0 Å². The molecule has 10 nitrogen and oxygen atoms in total. The Morgan fingerprint density at radius 1 is 0.767 bits per heavy atom. The van der Waals surface area contributed by atoms with Gasteiger partial charge < -0.3 is 23.3 Å². The van der Waals surface area contributed by atoms with Gasteiger partial charge >= 0.3 is 5.97 Å². The average Bonchev–Trinajstić information content (AvgIpc) is 2.97. The van der Waals surface area contributed by atoms with Crippen LogP contribution in [0.15, 0.2) is 78.9 Å². The van der Waals surface area contributed by atoms with Gasteiger partial charge in [0.05, 0.1) is 59.5 Å². The summed E-state index contributed by atoms with van der Waals surface area (Å²) >= 11 is -5.57. The van der Waals surface area contributed by atoms with Crippen LogP contribution in [0.2, 0.25) is 0 Å². The number of carbonyl (C=O) groups is 1. The normalized spacial score (nSPS) is 12.8. The Bertz CT molecular complexity index is 1640. The number of esters is 1. The number of rotatable bonds is 11. The molecule has 0 saturated carbocycles. The zero-order chi connectivity index (χ0) is 31.3. The van der Waals surface area contributed by atoms with Crippen molar-refractivity contribution in [2.75, 3.05) is 22.8 Å². The van der Waals surface area contributed by atoms with Crippen molar-refractivity contribution in [3.05, 3.63) is 84.4 Å². The second-order valence-electron chi connectivity index (χ2n) is 10.5. The zero-order valence-corrected chi connectivity index (χ0v) is 26.0. The molecule has 0 bridgehead atoms. The third kappa shape index (κ3) is 7.52. The monoisotopic (exact) mass is 624 g/mol. The van der Waals surface area contributed by atoms with Gasteiger partial charge in [0.15, 0.2) is 0 Å². The summed E-state index contributed by atoms with van der Waals surface area (Å²) in [6.07, 6.45) is -0.0130. The molecule has 0 aliphatic heterocycles. The Hall–Kier alpha value is -3.97. The quantitative estimate of drug-likeness (QED) is 0.147. The number of methoxy groups -OCH3 is 2. The molecule has 0 aliphatic carbocycles. The number of benzene rings is 4. The molecule has 0 heterocycles. The predicted octanol–water partition coefficient (Wildman–Crippen LogP) is 6.00. The Morgan fingerprint density at radius 3 is 1.72 bits per heavy atom. The molecule has 4 aromatic rings. The SMILES string of the molecule is COc1ccc(N(c2cc(CCC(=O)OC(C)(C)C)c(N(c3ccc(OC)cc3)S(=O)[O-])c3ccccc23)S(=O)[O-])cc1. The van der Waals surface area contributed by atoms with Crippen molar-refractivity contribution in [1.29, 1.82) is 0 Å². The Labute approximate surface area is 256 Å². The van der Waals surface area contributed by atoms with Gasteiger partial charge in [-0.05, 0) is 87.4 Å². The van der Waals surface area contributed by atoms with E-state index in [2.05, 4.69) is 0 Å². The Morgan fingerprint density at radius 2 is 1.26 bits per heavy atom. The van der Waals surface area contributed by atoms with E-state index < -0.39 is 34.1 Å². The molecular weight excluding hydrogens is 592 g/mol. The summed E-state index contributed by atoms with van der Waals surface area (Å²) in [7, 11) is 3.02. The highest BCUT2D eigenvalue weighted by molar-refractivity contribution is 7.81. The number of anilines is 4. The molecule has 0 radical (unpaired) electrons. The van der Waals surface area contributed by atoms with Gasteiger partial charge in [0.1, 0.15) is 17.1 Å². The maximum absolute atomic E-state index is 12.9. The van der Waals surface area contributed by atoms with Crippen LogP contribution in [-0.2, 0) is 38.5 Å². The molecular formula is C31H32N2O8S2-2. The van der Waals surface area contributed by atoms with E-state index in [0.717, 1.165) is 8.61 Å². The van der Waals surface area contributed by atoms with E-state index in [4.69, 9.17) is 14.2 Å².